The van der Waals surface area contributed by atoms with Gasteiger partial charge in [0.25, 0.3) is 0 Å². The van der Waals surface area contributed by atoms with Crippen molar-refractivity contribution in [1.82, 2.24) is 4.98 Å². The van der Waals surface area contributed by atoms with Gasteiger partial charge in [0.1, 0.15) is 5.15 Å². The summed E-state index contributed by atoms with van der Waals surface area (Å²) in [4.78, 5) is 3.98. The number of pyridine rings is 1. The molecule has 3 nitrogen and oxygen atoms in total. The van der Waals surface area contributed by atoms with Crippen LogP contribution in [0.2, 0.25) is 5.15 Å². The Bertz CT molecular complexity index is 305. The lowest BCUT2D eigenvalue weighted by molar-refractivity contribution is 0.720. The van der Waals surface area contributed by atoms with Crippen molar-refractivity contribution in [2.24, 2.45) is 5.73 Å². The summed E-state index contributed by atoms with van der Waals surface area (Å²) in [6.45, 7) is 0. The Hall–Kier alpha value is -1.11. The maximum absolute atomic E-state index is 8.38. The molecule has 2 N–H and O–H groups in total. The van der Waals surface area contributed by atoms with E-state index in [0.717, 1.165) is 0 Å². The van der Waals surface area contributed by atoms with E-state index >= 15 is 0 Å². The highest BCUT2D eigenvalue weighted by molar-refractivity contribution is 6.29. The standard InChI is InChI=1S/C8H8ClN3/c9-8-3-1-2-7(12-8)6(11)4-5-10/h1-3,6H,4,11H2. The number of hydrogen-bond donors (Lipinski definition) is 1. The second kappa shape index (κ2) is 4.05. The SMILES string of the molecule is N#CCC(N)c1cccc(Cl)n1. The number of halogens is 1. The normalized spacial score (nSPS) is 12.1. The highest BCUT2D eigenvalue weighted by Crippen LogP contribution is 2.13. The van der Waals surface area contributed by atoms with Gasteiger partial charge in [0.2, 0.25) is 0 Å². The van der Waals surface area contributed by atoms with Crippen molar-refractivity contribution in [3.8, 4) is 6.07 Å². The Morgan fingerprint density at radius 2 is 2.42 bits per heavy atom. The minimum Gasteiger partial charge on any atom is -0.322 e. The van der Waals surface area contributed by atoms with Gasteiger partial charge < -0.3 is 5.73 Å². The molecule has 1 unspecified atom stereocenters. The molecule has 0 aliphatic heterocycles. The molecular formula is C8H8ClN3. The number of nitrogens with zero attached hydrogens (tertiary/aromatic N) is 2. The molecule has 1 atom stereocenters. The van der Waals surface area contributed by atoms with Gasteiger partial charge in [-0.3, -0.25) is 0 Å². The maximum atomic E-state index is 8.38. The smallest absolute Gasteiger partial charge is 0.129 e. The lowest BCUT2D eigenvalue weighted by atomic mass is 10.1. The summed E-state index contributed by atoms with van der Waals surface area (Å²) >= 11 is 5.64. The first-order valence-electron chi connectivity index (χ1n) is 3.49. The molecule has 12 heavy (non-hydrogen) atoms. The maximum Gasteiger partial charge on any atom is 0.129 e. The molecule has 0 bridgehead atoms. The Morgan fingerprint density at radius 1 is 1.67 bits per heavy atom. The summed E-state index contributed by atoms with van der Waals surface area (Å²) in [5.74, 6) is 0. The Kier molecular flexibility index (Phi) is 3.03. The topological polar surface area (TPSA) is 62.7 Å². The molecule has 0 amide bonds. The van der Waals surface area contributed by atoms with Crippen molar-refractivity contribution in [3.05, 3.63) is 29.0 Å². The molecule has 0 radical (unpaired) electrons. The first-order chi connectivity index (χ1) is 5.74. The quantitative estimate of drug-likeness (QED) is 0.706. The lowest BCUT2D eigenvalue weighted by Gasteiger charge is -2.05. The molecule has 0 saturated carbocycles. The van der Waals surface area contributed by atoms with Crippen LogP contribution >= 0.6 is 11.6 Å². The fourth-order valence-corrected chi connectivity index (χ4v) is 1.00. The third kappa shape index (κ3) is 2.19. The van der Waals surface area contributed by atoms with E-state index in [4.69, 9.17) is 22.6 Å². The van der Waals surface area contributed by atoms with Crippen LogP contribution in [-0.2, 0) is 0 Å². The molecule has 0 fully saturated rings. The van der Waals surface area contributed by atoms with E-state index in [9.17, 15) is 0 Å². The Morgan fingerprint density at radius 3 is 3.00 bits per heavy atom. The third-order valence-corrected chi connectivity index (χ3v) is 1.64. The average Bonchev–Trinajstić information content (AvgIpc) is 2.05. The average molecular weight is 182 g/mol. The van der Waals surface area contributed by atoms with Crippen LogP contribution in [0.15, 0.2) is 18.2 Å². The first-order valence-corrected chi connectivity index (χ1v) is 3.87. The van der Waals surface area contributed by atoms with E-state index in [1.807, 2.05) is 6.07 Å². The second-order valence-electron chi connectivity index (χ2n) is 2.35. The Labute approximate surface area is 75.8 Å². The van der Waals surface area contributed by atoms with Crippen LogP contribution in [0.5, 0.6) is 0 Å². The fraction of sp³-hybridized carbons (Fsp3) is 0.250. The van der Waals surface area contributed by atoms with Crippen LogP contribution < -0.4 is 5.73 Å². The van der Waals surface area contributed by atoms with Crippen LogP contribution in [0.4, 0.5) is 0 Å². The number of aromatic nitrogens is 1. The zero-order valence-corrected chi connectivity index (χ0v) is 7.12. The van der Waals surface area contributed by atoms with Crippen LogP contribution in [0.3, 0.4) is 0 Å². The zero-order chi connectivity index (χ0) is 8.97. The third-order valence-electron chi connectivity index (χ3n) is 1.43. The molecule has 0 aliphatic carbocycles. The van der Waals surface area contributed by atoms with Crippen LogP contribution in [0.1, 0.15) is 18.2 Å². The van der Waals surface area contributed by atoms with E-state index in [2.05, 4.69) is 4.98 Å². The van der Waals surface area contributed by atoms with Gasteiger partial charge in [-0.2, -0.15) is 5.26 Å². The number of nitrogens with two attached hydrogens (primary N) is 1. The Balaban J connectivity index is 2.82. The van der Waals surface area contributed by atoms with Crippen molar-refractivity contribution in [2.45, 2.75) is 12.5 Å². The largest absolute Gasteiger partial charge is 0.322 e. The summed E-state index contributed by atoms with van der Waals surface area (Å²) in [7, 11) is 0. The van der Waals surface area contributed by atoms with Gasteiger partial charge in [-0.05, 0) is 12.1 Å². The van der Waals surface area contributed by atoms with E-state index < -0.39 is 0 Å². The number of hydrogen-bond acceptors (Lipinski definition) is 3. The van der Waals surface area contributed by atoms with Crippen LogP contribution in [0.25, 0.3) is 0 Å². The molecule has 62 valence electrons. The van der Waals surface area contributed by atoms with Gasteiger partial charge in [0.05, 0.1) is 24.2 Å². The first kappa shape index (κ1) is 8.98. The molecule has 1 aromatic heterocycles. The minimum absolute atomic E-state index is 0.257. The minimum atomic E-state index is -0.339. The van der Waals surface area contributed by atoms with Crippen LogP contribution in [-0.4, -0.2) is 4.98 Å². The molecule has 0 saturated heterocycles. The van der Waals surface area contributed by atoms with E-state index in [-0.39, 0.29) is 12.5 Å². The lowest BCUT2D eigenvalue weighted by Crippen LogP contribution is -2.10. The molecule has 0 aliphatic rings. The van der Waals surface area contributed by atoms with Crippen molar-refractivity contribution >= 4 is 11.6 Å². The molecule has 0 aromatic carbocycles. The van der Waals surface area contributed by atoms with Gasteiger partial charge in [0.15, 0.2) is 0 Å². The van der Waals surface area contributed by atoms with Gasteiger partial charge in [-0.15, -0.1) is 0 Å². The van der Waals surface area contributed by atoms with Gasteiger partial charge in [-0.1, -0.05) is 17.7 Å². The molecule has 0 spiro atoms. The number of nitriles is 1. The highest BCUT2D eigenvalue weighted by atomic mass is 35.5. The predicted molar refractivity (Wildman–Crippen MR) is 46.4 cm³/mol. The number of rotatable bonds is 2. The molecule has 4 heteroatoms. The molecule has 1 rings (SSSR count). The molecule has 1 aromatic rings. The summed E-state index contributed by atoms with van der Waals surface area (Å²) < 4.78 is 0. The van der Waals surface area contributed by atoms with Crippen molar-refractivity contribution < 1.29 is 0 Å². The van der Waals surface area contributed by atoms with Crippen molar-refractivity contribution in [3.63, 3.8) is 0 Å². The van der Waals surface area contributed by atoms with Crippen molar-refractivity contribution in [2.75, 3.05) is 0 Å². The van der Waals surface area contributed by atoms with Gasteiger partial charge in [0, 0.05) is 0 Å². The second-order valence-corrected chi connectivity index (χ2v) is 2.74. The molecular weight excluding hydrogens is 174 g/mol. The monoisotopic (exact) mass is 181 g/mol. The molecule has 1 heterocycles. The summed E-state index contributed by atoms with van der Waals surface area (Å²) in [6, 6.07) is 6.83. The van der Waals surface area contributed by atoms with Gasteiger partial charge >= 0.3 is 0 Å². The van der Waals surface area contributed by atoms with Gasteiger partial charge in [-0.25, -0.2) is 4.98 Å². The zero-order valence-electron chi connectivity index (χ0n) is 6.37. The summed E-state index contributed by atoms with van der Waals surface area (Å²) in [5.41, 5.74) is 6.29. The summed E-state index contributed by atoms with van der Waals surface area (Å²) in [6.07, 6.45) is 0.257. The van der Waals surface area contributed by atoms with E-state index in [1.54, 1.807) is 18.2 Å². The van der Waals surface area contributed by atoms with E-state index in [0.29, 0.717) is 10.8 Å². The highest BCUT2D eigenvalue weighted by Gasteiger charge is 2.06. The van der Waals surface area contributed by atoms with Crippen LogP contribution in [0, 0.1) is 11.3 Å². The summed E-state index contributed by atoms with van der Waals surface area (Å²) in [5, 5.41) is 8.78. The van der Waals surface area contributed by atoms with Crippen molar-refractivity contribution in [1.29, 1.82) is 5.26 Å². The van der Waals surface area contributed by atoms with E-state index in [1.165, 1.54) is 0 Å². The fourth-order valence-electron chi connectivity index (χ4n) is 0.833. The predicted octanol–water partition coefficient (Wildman–Crippen LogP) is 1.65.